The van der Waals surface area contributed by atoms with Crippen LogP contribution in [0.3, 0.4) is 0 Å². The van der Waals surface area contributed by atoms with E-state index in [0.717, 1.165) is 0 Å². The fourth-order valence-corrected chi connectivity index (χ4v) is 1.27. The van der Waals surface area contributed by atoms with Crippen LogP contribution < -0.4 is 0 Å². The fourth-order valence-electron chi connectivity index (χ4n) is 1.27. The minimum atomic E-state index is -0.564. The monoisotopic (exact) mass is 236 g/mol. The van der Waals surface area contributed by atoms with E-state index in [-0.39, 0.29) is 11.3 Å². The van der Waals surface area contributed by atoms with Gasteiger partial charge in [-0.05, 0) is 37.6 Å². The maximum absolute atomic E-state index is 13.2. The van der Waals surface area contributed by atoms with Crippen molar-refractivity contribution in [3.63, 3.8) is 0 Å². The zero-order chi connectivity index (χ0) is 12.8. The number of carbonyl (C=O) groups is 2. The van der Waals surface area contributed by atoms with Crippen molar-refractivity contribution in [2.75, 3.05) is 6.61 Å². The summed E-state index contributed by atoms with van der Waals surface area (Å²) in [6.07, 6.45) is 2.71. The quantitative estimate of drug-likeness (QED) is 0.458. The van der Waals surface area contributed by atoms with E-state index in [9.17, 15) is 14.0 Å². The van der Waals surface area contributed by atoms with Crippen LogP contribution in [0.1, 0.15) is 29.8 Å². The average molecular weight is 236 g/mol. The molecule has 0 spiro atoms. The first kappa shape index (κ1) is 13.1. The zero-order valence-corrected chi connectivity index (χ0v) is 9.70. The summed E-state index contributed by atoms with van der Waals surface area (Å²) >= 11 is 0. The van der Waals surface area contributed by atoms with Gasteiger partial charge >= 0.3 is 5.97 Å². The van der Waals surface area contributed by atoms with Gasteiger partial charge in [-0.3, -0.25) is 4.79 Å². The van der Waals surface area contributed by atoms with Crippen LogP contribution in [0.5, 0.6) is 0 Å². The van der Waals surface area contributed by atoms with E-state index < -0.39 is 11.8 Å². The Bertz CT molecular complexity index is 464. The third-order valence-electron chi connectivity index (χ3n) is 2.07. The van der Waals surface area contributed by atoms with E-state index in [4.69, 9.17) is 4.74 Å². The number of ether oxygens (including phenoxy) is 1. The van der Waals surface area contributed by atoms with Gasteiger partial charge in [-0.1, -0.05) is 6.07 Å². The molecular formula is C13H13FO3. The lowest BCUT2D eigenvalue weighted by Crippen LogP contribution is -1.99. The van der Waals surface area contributed by atoms with Crippen LogP contribution in [-0.4, -0.2) is 18.4 Å². The predicted molar refractivity (Wildman–Crippen MR) is 62.1 cm³/mol. The number of ketones is 1. The topological polar surface area (TPSA) is 43.4 Å². The molecule has 0 fully saturated rings. The minimum Gasteiger partial charge on any atom is -0.463 e. The first-order chi connectivity index (χ1) is 8.04. The van der Waals surface area contributed by atoms with Gasteiger partial charge in [0.15, 0.2) is 5.78 Å². The van der Waals surface area contributed by atoms with Crippen molar-refractivity contribution in [3.05, 3.63) is 41.2 Å². The van der Waals surface area contributed by atoms with Crippen LogP contribution in [0.4, 0.5) is 4.39 Å². The smallest absolute Gasteiger partial charge is 0.330 e. The summed E-state index contributed by atoms with van der Waals surface area (Å²) in [5.74, 6) is -1.39. The number of halogens is 1. The van der Waals surface area contributed by atoms with E-state index in [0.29, 0.717) is 12.2 Å². The molecule has 0 aliphatic heterocycles. The number of Topliss-reactive ketones (excluding diaryl/α,β-unsaturated/α-hetero) is 1. The second-order valence-electron chi connectivity index (χ2n) is 3.38. The molecule has 1 rings (SSSR count). The maximum Gasteiger partial charge on any atom is 0.330 e. The molecule has 0 saturated heterocycles. The van der Waals surface area contributed by atoms with Gasteiger partial charge in [0.25, 0.3) is 0 Å². The highest BCUT2D eigenvalue weighted by Gasteiger charge is 2.06. The first-order valence-electron chi connectivity index (χ1n) is 5.20. The Morgan fingerprint density at radius 2 is 2.12 bits per heavy atom. The number of rotatable bonds is 4. The molecule has 0 amide bonds. The van der Waals surface area contributed by atoms with Gasteiger partial charge in [-0.25, -0.2) is 9.18 Å². The molecule has 4 heteroatoms. The van der Waals surface area contributed by atoms with E-state index in [2.05, 4.69) is 0 Å². The standard InChI is InChI=1S/C13H13FO3/c1-3-17-13(16)7-5-10-4-6-12(14)11(8-10)9(2)15/h4-8H,3H2,1-2H3. The summed E-state index contributed by atoms with van der Waals surface area (Å²) in [5.41, 5.74) is 0.584. The molecule has 0 saturated carbocycles. The van der Waals surface area contributed by atoms with E-state index in [1.807, 2.05) is 0 Å². The highest BCUT2D eigenvalue weighted by atomic mass is 19.1. The normalized spacial score (nSPS) is 10.5. The average Bonchev–Trinajstić information content (AvgIpc) is 2.28. The summed E-state index contributed by atoms with van der Waals surface area (Å²) in [6, 6.07) is 4.08. The van der Waals surface area contributed by atoms with Gasteiger partial charge in [0.2, 0.25) is 0 Å². The maximum atomic E-state index is 13.2. The SMILES string of the molecule is CCOC(=O)C=Cc1ccc(F)c(C(C)=O)c1. The summed E-state index contributed by atoms with van der Waals surface area (Å²) in [7, 11) is 0. The Morgan fingerprint density at radius 1 is 1.41 bits per heavy atom. The molecule has 0 heterocycles. The summed E-state index contributed by atoms with van der Waals surface area (Å²) < 4.78 is 17.9. The van der Waals surface area contributed by atoms with Crippen LogP contribution in [0.15, 0.2) is 24.3 Å². The molecule has 0 bridgehead atoms. The van der Waals surface area contributed by atoms with Crippen molar-refractivity contribution in [3.8, 4) is 0 Å². The second-order valence-corrected chi connectivity index (χ2v) is 3.38. The highest BCUT2D eigenvalue weighted by Crippen LogP contribution is 2.12. The molecule has 90 valence electrons. The van der Waals surface area contributed by atoms with Crippen molar-refractivity contribution in [2.24, 2.45) is 0 Å². The van der Waals surface area contributed by atoms with Gasteiger partial charge in [0.1, 0.15) is 5.82 Å². The van der Waals surface area contributed by atoms with Crippen LogP contribution in [-0.2, 0) is 9.53 Å². The summed E-state index contributed by atoms with van der Waals surface area (Å²) in [4.78, 5) is 22.2. The van der Waals surface area contributed by atoms with E-state index in [1.165, 1.54) is 37.3 Å². The lowest BCUT2D eigenvalue weighted by atomic mass is 10.1. The molecule has 1 aromatic rings. The molecule has 3 nitrogen and oxygen atoms in total. The Hall–Kier alpha value is -1.97. The highest BCUT2D eigenvalue weighted by molar-refractivity contribution is 5.95. The molecular weight excluding hydrogens is 223 g/mol. The number of carbonyl (C=O) groups excluding carboxylic acids is 2. The van der Waals surface area contributed by atoms with Crippen molar-refractivity contribution >= 4 is 17.8 Å². The van der Waals surface area contributed by atoms with Crippen molar-refractivity contribution in [2.45, 2.75) is 13.8 Å². The Kier molecular flexibility index (Phi) is 4.57. The minimum absolute atomic E-state index is 0.0102. The fraction of sp³-hybridized carbons (Fsp3) is 0.231. The molecule has 1 aromatic carbocycles. The number of esters is 1. The summed E-state index contributed by atoms with van der Waals surface area (Å²) in [5, 5.41) is 0. The molecule has 0 atom stereocenters. The molecule has 0 radical (unpaired) electrons. The van der Waals surface area contributed by atoms with Gasteiger partial charge < -0.3 is 4.74 Å². The Labute approximate surface area is 98.9 Å². The van der Waals surface area contributed by atoms with Gasteiger partial charge in [0, 0.05) is 6.08 Å². The van der Waals surface area contributed by atoms with Crippen LogP contribution in [0, 0.1) is 5.82 Å². The Morgan fingerprint density at radius 3 is 2.71 bits per heavy atom. The number of hydrogen-bond acceptors (Lipinski definition) is 3. The largest absolute Gasteiger partial charge is 0.463 e. The third kappa shape index (κ3) is 3.83. The van der Waals surface area contributed by atoms with Gasteiger partial charge in [0.05, 0.1) is 12.2 Å². The molecule has 0 aromatic heterocycles. The molecule has 0 aliphatic carbocycles. The van der Waals surface area contributed by atoms with Crippen LogP contribution in [0.25, 0.3) is 6.08 Å². The van der Waals surface area contributed by atoms with E-state index >= 15 is 0 Å². The van der Waals surface area contributed by atoms with Crippen molar-refractivity contribution < 1.29 is 18.7 Å². The first-order valence-corrected chi connectivity index (χ1v) is 5.20. The molecule has 0 aliphatic rings. The Balaban J connectivity index is 2.89. The summed E-state index contributed by atoms with van der Waals surface area (Å²) in [6.45, 7) is 3.29. The predicted octanol–water partition coefficient (Wildman–Crippen LogP) is 2.60. The number of hydrogen-bond donors (Lipinski definition) is 0. The van der Waals surface area contributed by atoms with Crippen LogP contribution in [0.2, 0.25) is 0 Å². The molecule has 0 N–H and O–H groups in total. The molecule has 17 heavy (non-hydrogen) atoms. The molecule has 0 unspecified atom stereocenters. The van der Waals surface area contributed by atoms with Gasteiger partial charge in [-0.15, -0.1) is 0 Å². The van der Waals surface area contributed by atoms with Crippen molar-refractivity contribution in [1.29, 1.82) is 0 Å². The lowest BCUT2D eigenvalue weighted by Gasteiger charge is -2.00. The van der Waals surface area contributed by atoms with Gasteiger partial charge in [-0.2, -0.15) is 0 Å². The van der Waals surface area contributed by atoms with Crippen LogP contribution >= 0.6 is 0 Å². The zero-order valence-electron chi connectivity index (χ0n) is 9.70. The third-order valence-corrected chi connectivity index (χ3v) is 2.07. The second kappa shape index (κ2) is 5.94. The van der Waals surface area contributed by atoms with Crippen molar-refractivity contribution in [1.82, 2.24) is 0 Å². The lowest BCUT2D eigenvalue weighted by molar-refractivity contribution is -0.137. The van der Waals surface area contributed by atoms with E-state index in [1.54, 1.807) is 6.92 Å². The number of benzene rings is 1.